The summed E-state index contributed by atoms with van der Waals surface area (Å²) in [4.78, 5) is 23.5. The van der Waals surface area contributed by atoms with E-state index in [0.717, 1.165) is 15.7 Å². The molecule has 22 heavy (non-hydrogen) atoms. The molecule has 5 nitrogen and oxygen atoms in total. The van der Waals surface area contributed by atoms with Crippen LogP contribution in [0.5, 0.6) is 0 Å². The highest BCUT2D eigenvalue weighted by Crippen LogP contribution is 2.21. The summed E-state index contributed by atoms with van der Waals surface area (Å²) >= 11 is 3.36. The third-order valence-electron chi connectivity index (χ3n) is 3.54. The van der Waals surface area contributed by atoms with Crippen LogP contribution in [0.2, 0.25) is 0 Å². The standard InChI is InChI=1S/C16H17BrN2O3/c1-10-6-7-14(19(10)2)16(22)18-13(9-15(20)21)11-4-3-5-12(17)8-11/h3-8,13H,9H2,1-2H3,(H,18,22)(H,20,21). The fourth-order valence-corrected chi connectivity index (χ4v) is 2.64. The van der Waals surface area contributed by atoms with Crippen LogP contribution in [-0.4, -0.2) is 21.6 Å². The zero-order chi connectivity index (χ0) is 16.3. The molecule has 1 unspecified atom stereocenters. The first-order valence-electron chi connectivity index (χ1n) is 6.79. The van der Waals surface area contributed by atoms with E-state index >= 15 is 0 Å². The maximum Gasteiger partial charge on any atom is 0.305 e. The number of aryl methyl sites for hydroxylation is 1. The normalized spacial score (nSPS) is 12.0. The van der Waals surface area contributed by atoms with Gasteiger partial charge in [0.15, 0.2) is 0 Å². The minimum Gasteiger partial charge on any atom is -0.481 e. The molecule has 0 aliphatic rings. The molecule has 6 heteroatoms. The van der Waals surface area contributed by atoms with Crippen molar-refractivity contribution in [3.05, 3.63) is 57.8 Å². The highest BCUT2D eigenvalue weighted by Gasteiger charge is 2.20. The monoisotopic (exact) mass is 364 g/mol. The summed E-state index contributed by atoms with van der Waals surface area (Å²) in [5, 5.41) is 11.9. The predicted molar refractivity (Wildman–Crippen MR) is 86.8 cm³/mol. The number of carbonyl (C=O) groups excluding carboxylic acids is 1. The lowest BCUT2D eigenvalue weighted by molar-refractivity contribution is -0.137. The molecule has 0 saturated heterocycles. The zero-order valence-electron chi connectivity index (χ0n) is 12.3. The van der Waals surface area contributed by atoms with Gasteiger partial charge in [0.25, 0.3) is 5.91 Å². The number of benzene rings is 1. The van der Waals surface area contributed by atoms with Crippen molar-refractivity contribution in [3.8, 4) is 0 Å². The Morgan fingerprint density at radius 2 is 2.05 bits per heavy atom. The molecule has 1 amide bonds. The minimum absolute atomic E-state index is 0.175. The van der Waals surface area contributed by atoms with Gasteiger partial charge in [-0.3, -0.25) is 9.59 Å². The molecule has 1 atom stereocenters. The Hall–Kier alpha value is -2.08. The van der Waals surface area contributed by atoms with E-state index in [1.165, 1.54) is 0 Å². The predicted octanol–water partition coefficient (Wildman–Crippen LogP) is 3.04. The molecule has 1 aromatic heterocycles. The molecule has 0 bridgehead atoms. The number of halogens is 1. The molecule has 0 aliphatic carbocycles. The Kier molecular flexibility index (Phi) is 5.03. The van der Waals surface area contributed by atoms with Crippen molar-refractivity contribution >= 4 is 27.8 Å². The van der Waals surface area contributed by atoms with Gasteiger partial charge in [0.05, 0.1) is 12.5 Å². The van der Waals surface area contributed by atoms with Gasteiger partial charge in [-0.2, -0.15) is 0 Å². The number of nitrogens with one attached hydrogen (secondary N) is 1. The van der Waals surface area contributed by atoms with E-state index < -0.39 is 12.0 Å². The van der Waals surface area contributed by atoms with Crippen LogP contribution in [0, 0.1) is 6.92 Å². The molecule has 1 aromatic carbocycles. The number of hydrogen-bond donors (Lipinski definition) is 2. The second kappa shape index (κ2) is 6.79. The Labute approximate surface area is 137 Å². The van der Waals surface area contributed by atoms with Gasteiger partial charge in [-0.05, 0) is 36.8 Å². The lowest BCUT2D eigenvalue weighted by atomic mass is 10.0. The van der Waals surface area contributed by atoms with Crippen molar-refractivity contribution in [1.29, 1.82) is 0 Å². The van der Waals surface area contributed by atoms with Crippen molar-refractivity contribution in [2.24, 2.45) is 7.05 Å². The van der Waals surface area contributed by atoms with E-state index in [1.54, 1.807) is 23.7 Å². The third kappa shape index (κ3) is 3.76. The van der Waals surface area contributed by atoms with E-state index in [1.807, 2.05) is 31.2 Å². The summed E-state index contributed by atoms with van der Waals surface area (Å²) in [5.41, 5.74) is 2.21. The van der Waals surface area contributed by atoms with Gasteiger partial charge in [0.1, 0.15) is 5.69 Å². The van der Waals surface area contributed by atoms with E-state index in [2.05, 4.69) is 21.2 Å². The number of carboxylic acid groups (broad SMARTS) is 1. The largest absolute Gasteiger partial charge is 0.481 e. The topological polar surface area (TPSA) is 71.3 Å². The summed E-state index contributed by atoms with van der Waals surface area (Å²) in [5.74, 6) is -1.25. The lowest BCUT2D eigenvalue weighted by Gasteiger charge is -2.18. The van der Waals surface area contributed by atoms with Crippen LogP contribution in [0.15, 0.2) is 40.9 Å². The third-order valence-corrected chi connectivity index (χ3v) is 4.03. The molecular formula is C16H17BrN2O3. The maximum absolute atomic E-state index is 12.4. The number of aromatic nitrogens is 1. The summed E-state index contributed by atoms with van der Waals surface area (Å²) in [6.07, 6.45) is -0.175. The quantitative estimate of drug-likeness (QED) is 0.856. The Morgan fingerprint density at radius 1 is 1.32 bits per heavy atom. The van der Waals surface area contributed by atoms with Crippen LogP contribution in [0.4, 0.5) is 0 Å². The fraction of sp³-hybridized carbons (Fsp3) is 0.250. The molecule has 116 valence electrons. The van der Waals surface area contributed by atoms with Crippen LogP contribution < -0.4 is 5.32 Å². The zero-order valence-corrected chi connectivity index (χ0v) is 13.9. The van der Waals surface area contributed by atoms with Gasteiger partial charge < -0.3 is 15.0 Å². The number of carboxylic acids is 1. The summed E-state index contributed by atoms with van der Waals surface area (Å²) in [7, 11) is 1.80. The second-order valence-electron chi connectivity index (χ2n) is 5.10. The van der Waals surface area contributed by atoms with Crippen molar-refractivity contribution < 1.29 is 14.7 Å². The number of aliphatic carboxylic acids is 1. The van der Waals surface area contributed by atoms with Crippen LogP contribution in [0.25, 0.3) is 0 Å². The Balaban J connectivity index is 2.25. The molecule has 2 rings (SSSR count). The van der Waals surface area contributed by atoms with Gasteiger partial charge in [0, 0.05) is 17.2 Å². The van der Waals surface area contributed by atoms with E-state index in [-0.39, 0.29) is 12.3 Å². The smallest absolute Gasteiger partial charge is 0.305 e. The van der Waals surface area contributed by atoms with Crippen LogP contribution in [-0.2, 0) is 11.8 Å². The summed E-state index contributed by atoms with van der Waals surface area (Å²) < 4.78 is 2.61. The van der Waals surface area contributed by atoms with Crippen LogP contribution in [0.1, 0.15) is 34.2 Å². The number of carbonyl (C=O) groups is 2. The van der Waals surface area contributed by atoms with E-state index in [9.17, 15) is 9.59 Å². The molecule has 0 radical (unpaired) electrons. The molecule has 2 N–H and O–H groups in total. The Morgan fingerprint density at radius 3 is 2.59 bits per heavy atom. The molecule has 0 spiro atoms. The highest BCUT2D eigenvalue weighted by molar-refractivity contribution is 9.10. The summed E-state index contributed by atoms with van der Waals surface area (Å²) in [6.45, 7) is 1.90. The van der Waals surface area contributed by atoms with E-state index in [4.69, 9.17) is 5.11 Å². The molecule has 0 aliphatic heterocycles. The first kappa shape index (κ1) is 16.3. The average molecular weight is 365 g/mol. The molecule has 0 saturated carbocycles. The SMILES string of the molecule is Cc1ccc(C(=O)NC(CC(=O)O)c2cccc(Br)c2)n1C. The number of hydrogen-bond acceptors (Lipinski definition) is 2. The van der Waals surface area contributed by atoms with Crippen molar-refractivity contribution in [2.45, 2.75) is 19.4 Å². The molecule has 1 heterocycles. The number of amides is 1. The van der Waals surface area contributed by atoms with Crippen molar-refractivity contribution in [1.82, 2.24) is 9.88 Å². The van der Waals surface area contributed by atoms with Gasteiger partial charge in [0.2, 0.25) is 0 Å². The summed E-state index contributed by atoms with van der Waals surface area (Å²) in [6, 6.07) is 10.3. The van der Waals surface area contributed by atoms with Crippen molar-refractivity contribution in [3.63, 3.8) is 0 Å². The number of nitrogens with zero attached hydrogens (tertiary/aromatic N) is 1. The number of rotatable bonds is 5. The first-order valence-corrected chi connectivity index (χ1v) is 7.58. The van der Waals surface area contributed by atoms with Gasteiger partial charge in [-0.25, -0.2) is 0 Å². The average Bonchev–Trinajstić information content (AvgIpc) is 2.78. The van der Waals surface area contributed by atoms with Gasteiger partial charge in [-0.1, -0.05) is 28.1 Å². The fourth-order valence-electron chi connectivity index (χ4n) is 2.22. The van der Waals surface area contributed by atoms with Crippen molar-refractivity contribution in [2.75, 3.05) is 0 Å². The maximum atomic E-state index is 12.4. The lowest BCUT2D eigenvalue weighted by Crippen LogP contribution is -2.31. The molecule has 2 aromatic rings. The minimum atomic E-state index is -0.965. The molecule has 0 fully saturated rings. The second-order valence-corrected chi connectivity index (χ2v) is 6.01. The first-order chi connectivity index (χ1) is 10.4. The van der Waals surface area contributed by atoms with Crippen LogP contribution in [0.3, 0.4) is 0 Å². The van der Waals surface area contributed by atoms with Gasteiger partial charge >= 0.3 is 5.97 Å². The highest BCUT2D eigenvalue weighted by atomic mass is 79.9. The van der Waals surface area contributed by atoms with Crippen LogP contribution >= 0.6 is 15.9 Å². The molecular weight excluding hydrogens is 348 g/mol. The van der Waals surface area contributed by atoms with Gasteiger partial charge in [-0.15, -0.1) is 0 Å². The Bertz CT molecular complexity index is 709. The van der Waals surface area contributed by atoms with E-state index in [0.29, 0.717) is 5.69 Å².